The molecule has 0 saturated carbocycles. The Morgan fingerprint density at radius 2 is 2.31 bits per heavy atom. The fourth-order valence-corrected chi connectivity index (χ4v) is 2.32. The number of hydrogen-bond donors (Lipinski definition) is 0. The van der Waals surface area contributed by atoms with Crippen molar-refractivity contribution in [3.63, 3.8) is 0 Å². The van der Waals surface area contributed by atoms with Crippen LogP contribution in [0.1, 0.15) is 28.8 Å². The van der Waals surface area contributed by atoms with Crippen molar-refractivity contribution in [3.05, 3.63) is 34.3 Å². The minimum atomic E-state index is -0.0195. The van der Waals surface area contributed by atoms with Gasteiger partial charge in [0.15, 0.2) is 5.78 Å². The molecular weight excluding hydrogens is 224 g/mol. The molecule has 0 spiro atoms. The number of ether oxygens (including phenoxy) is 1. The van der Waals surface area contributed by atoms with Gasteiger partial charge in [-0.2, -0.15) is 0 Å². The summed E-state index contributed by atoms with van der Waals surface area (Å²) in [6, 6.07) is 5.57. The molecule has 0 radical (unpaired) electrons. The molecule has 0 amide bonds. The highest BCUT2D eigenvalue weighted by atomic mass is 35.5. The second-order valence-corrected chi connectivity index (χ2v) is 4.67. The summed E-state index contributed by atoms with van der Waals surface area (Å²) >= 11 is 6.08. The zero-order valence-corrected chi connectivity index (χ0v) is 10.1. The molecule has 1 heterocycles. The first-order valence-corrected chi connectivity index (χ1v) is 5.94. The summed E-state index contributed by atoms with van der Waals surface area (Å²) in [7, 11) is 0. The Labute approximate surface area is 101 Å². The molecule has 86 valence electrons. The molecular formula is C13H15ClO2. The number of benzene rings is 1. The molecule has 0 N–H and O–H groups in total. The Morgan fingerprint density at radius 1 is 1.50 bits per heavy atom. The summed E-state index contributed by atoms with van der Waals surface area (Å²) in [6.45, 7) is 3.26. The van der Waals surface area contributed by atoms with Gasteiger partial charge in [0, 0.05) is 18.1 Å². The van der Waals surface area contributed by atoms with Crippen molar-refractivity contribution >= 4 is 17.4 Å². The molecule has 1 fully saturated rings. The van der Waals surface area contributed by atoms with Gasteiger partial charge in [0.05, 0.1) is 11.6 Å². The van der Waals surface area contributed by atoms with E-state index in [2.05, 4.69) is 0 Å². The van der Waals surface area contributed by atoms with Crippen LogP contribution in [0.2, 0.25) is 5.02 Å². The largest absolute Gasteiger partial charge is 0.381 e. The van der Waals surface area contributed by atoms with Crippen LogP contribution in [-0.4, -0.2) is 19.0 Å². The lowest BCUT2D eigenvalue weighted by atomic mass is 9.92. The number of Topliss-reactive ketones (excluding diaryl/α,β-unsaturated/α-hetero) is 1. The van der Waals surface area contributed by atoms with Gasteiger partial charge in [-0.1, -0.05) is 17.7 Å². The van der Waals surface area contributed by atoms with Crippen molar-refractivity contribution < 1.29 is 9.53 Å². The van der Waals surface area contributed by atoms with E-state index in [0.717, 1.165) is 25.0 Å². The normalized spacial score (nSPS) is 20.8. The van der Waals surface area contributed by atoms with E-state index in [1.165, 1.54) is 0 Å². The molecule has 1 aromatic carbocycles. The molecule has 1 unspecified atom stereocenters. The second-order valence-electron chi connectivity index (χ2n) is 4.26. The van der Waals surface area contributed by atoms with Crippen LogP contribution in [0.15, 0.2) is 18.2 Å². The lowest BCUT2D eigenvalue weighted by molar-refractivity contribution is 0.0461. The maximum atomic E-state index is 12.2. The molecule has 3 heteroatoms. The zero-order chi connectivity index (χ0) is 11.5. The van der Waals surface area contributed by atoms with E-state index in [9.17, 15) is 4.79 Å². The summed E-state index contributed by atoms with van der Waals surface area (Å²) in [4.78, 5) is 12.2. The van der Waals surface area contributed by atoms with E-state index in [1.54, 1.807) is 0 Å². The van der Waals surface area contributed by atoms with Gasteiger partial charge in [-0.05, 0) is 37.5 Å². The fraction of sp³-hybridized carbons (Fsp3) is 0.462. The van der Waals surface area contributed by atoms with Crippen molar-refractivity contribution in [1.82, 2.24) is 0 Å². The highest BCUT2D eigenvalue weighted by Gasteiger charge is 2.24. The molecule has 0 aliphatic carbocycles. The number of halogens is 1. The van der Waals surface area contributed by atoms with E-state index in [0.29, 0.717) is 17.2 Å². The number of rotatable bonds is 2. The standard InChI is InChI=1S/C13H15ClO2/c1-9-4-5-11(12(14)7-9)13(15)10-3-2-6-16-8-10/h4-5,7,10H,2-3,6,8H2,1H3. The monoisotopic (exact) mass is 238 g/mol. The van der Waals surface area contributed by atoms with Crippen LogP contribution in [0.3, 0.4) is 0 Å². The number of ketones is 1. The second kappa shape index (κ2) is 4.98. The Bertz CT molecular complexity index is 395. The lowest BCUT2D eigenvalue weighted by Crippen LogP contribution is -2.25. The van der Waals surface area contributed by atoms with Crippen molar-refractivity contribution in [2.75, 3.05) is 13.2 Å². The predicted molar refractivity (Wildman–Crippen MR) is 64.1 cm³/mol. The Kier molecular flexibility index (Phi) is 3.62. The van der Waals surface area contributed by atoms with Crippen molar-refractivity contribution in [3.8, 4) is 0 Å². The molecule has 2 nitrogen and oxygen atoms in total. The van der Waals surface area contributed by atoms with E-state index >= 15 is 0 Å². The summed E-state index contributed by atoms with van der Waals surface area (Å²) in [6.07, 6.45) is 1.86. The first-order chi connectivity index (χ1) is 7.68. The van der Waals surface area contributed by atoms with Crippen molar-refractivity contribution in [1.29, 1.82) is 0 Å². The molecule has 1 atom stereocenters. The first-order valence-electron chi connectivity index (χ1n) is 5.56. The molecule has 2 rings (SSSR count). The van der Waals surface area contributed by atoms with Crippen LogP contribution in [-0.2, 0) is 4.74 Å². The predicted octanol–water partition coefficient (Wildman–Crippen LogP) is 3.26. The number of aryl methyl sites for hydroxylation is 1. The third kappa shape index (κ3) is 2.45. The van der Waals surface area contributed by atoms with E-state index in [1.807, 2.05) is 25.1 Å². The summed E-state index contributed by atoms with van der Waals surface area (Å²) < 4.78 is 5.32. The molecule has 1 aliphatic rings. The fourth-order valence-electron chi connectivity index (χ4n) is 1.99. The van der Waals surface area contributed by atoms with Gasteiger partial charge in [0.2, 0.25) is 0 Å². The van der Waals surface area contributed by atoms with Crippen LogP contribution in [0.25, 0.3) is 0 Å². The quantitative estimate of drug-likeness (QED) is 0.740. The van der Waals surface area contributed by atoms with Crippen LogP contribution in [0, 0.1) is 12.8 Å². The Morgan fingerprint density at radius 3 is 2.94 bits per heavy atom. The third-order valence-corrected chi connectivity index (χ3v) is 3.23. The summed E-state index contributed by atoms with van der Waals surface area (Å²) in [5.41, 5.74) is 1.70. The van der Waals surface area contributed by atoms with Gasteiger partial charge < -0.3 is 4.74 Å². The Hall–Kier alpha value is -0.860. The number of carbonyl (C=O) groups is 1. The Balaban J connectivity index is 2.19. The van der Waals surface area contributed by atoms with Crippen molar-refractivity contribution in [2.45, 2.75) is 19.8 Å². The maximum Gasteiger partial charge on any atom is 0.169 e. The third-order valence-electron chi connectivity index (χ3n) is 2.92. The zero-order valence-electron chi connectivity index (χ0n) is 9.33. The van der Waals surface area contributed by atoms with Crippen LogP contribution >= 0.6 is 11.6 Å². The number of hydrogen-bond acceptors (Lipinski definition) is 2. The van der Waals surface area contributed by atoms with Crippen LogP contribution in [0.5, 0.6) is 0 Å². The van der Waals surface area contributed by atoms with E-state index in [4.69, 9.17) is 16.3 Å². The van der Waals surface area contributed by atoms with Crippen LogP contribution in [0.4, 0.5) is 0 Å². The maximum absolute atomic E-state index is 12.2. The topological polar surface area (TPSA) is 26.3 Å². The summed E-state index contributed by atoms with van der Waals surface area (Å²) in [5.74, 6) is 0.0960. The molecule has 0 aromatic heterocycles. The minimum absolute atomic E-state index is 0.0195. The summed E-state index contributed by atoms with van der Waals surface area (Å²) in [5, 5.41) is 0.551. The molecule has 1 saturated heterocycles. The van der Waals surface area contributed by atoms with Gasteiger partial charge in [-0.3, -0.25) is 4.79 Å². The van der Waals surface area contributed by atoms with Gasteiger partial charge in [0.1, 0.15) is 0 Å². The van der Waals surface area contributed by atoms with Crippen molar-refractivity contribution in [2.24, 2.45) is 5.92 Å². The smallest absolute Gasteiger partial charge is 0.169 e. The molecule has 1 aliphatic heterocycles. The average Bonchev–Trinajstić information content (AvgIpc) is 2.29. The molecule has 16 heavy (non-hydrogen) atoms. The highest BCUT2D eigenvalue weighted by molar-refractivity contribution is 6.34. The molecule has 1 aromatic rings. The van der Waals surface area contributed by atoms with Gasteiger partial charge in [-0.25, -0.2) is 0 Å². The van der Waals surface area contributed by atoms with E-state index in [-0.39, 0.29) is 11.7 Å². The minimum Gasteiger partial charge on any atom is -0.381 e. The highest BCUT2D eigenvalue weighted by Crippen LogP contribution is 2.24. The SMILES string of the molecule is Cc1ccc(C(=O)C2CCCOC2)c(Cl)c1. The van der Waals surface area contributed by atoms with Gasteiger partial charge >= 0.3 is 0 Å². The van der Waals surface area contributed by atoms with Gasteiger partial charge in [-0.15, -0.1) is 0 Å². The van der Waals surface area contributed by atoms with Crippen LogP contribution < -0.4 is 0 Å². The lowest BCUT2D eigenvalue weighted by Gasteiger charge is -2.21. The first kappa shape index (κ1) is 11.6. The average molecular weight is 239 g/mol. The van der Waals surface area contributed by atoms with Gasteiger partial charge in [0.25, 0.3) is 0 Å². The number of carbonyl (C=O) groups excluding carboxylic acids is 1. The molecule has 0 bridgehead atoms. The van der Waals surface area contributed by atoms with E-state index < -0.39 is 0 Å².